The molecule has 8 aliphatic rings. The lowest BCUT2D eigenvalue weighted by molar-refractivity contribution is -0.115. The normalized spacial score (nSPS) is 30.7. The summed E-state index contributed by atoms with van der Waals surface area (Å²) < 4.78 is 22.7. The van der Waals surface area contributed by atoms with Crippen molar-refractivity contribution < 1.29 is 38.1 Å². The summed E-state index contributed by atoms with van der Waals surface area (Å²) in [6.07, 6.45) is 44.1. The minimum Gasteiger partial charge on any atom is -0.381 e. The largest absolute Gasteiger partial charge is 0.381 e. The van der Waals surface area contributed by atoms with Crippen LogP contribution < -0.4 is 0 Å². The summed E-state index contributed by atoms with van der Waals surface area (Å²) in [4.78, 5) is 45.6. The Bertz CT molecular complexity index is 1590. The second kappa shape index (κ2) is 30.9. The summed E-state index contributed by atoms with van der Waals surface area (Å²) in [6.45, 7) is 9.07. The van der Waals surface area contributed by atoms with E-state index in [9.17, 15) is 19.2 Å². The highest BCUT2D eigenvalue weighted by molar-refractivity contribution is 5.92. The number of methoxy groups -OCH3 is 1. The molecule has 0 unspecified atom stereocenters. The maximum Gasteiger partial charge on any atom is 0.155 e. The minimum atomic E-state index is 0.338. The molecular weight excluding hydrogens is 825 g/mol. The van der Waals surface area contributed by atoms with Gasteiger partial charge in [-0.1, -0.05) is 42.6 Å². The Kier molecular flexibility index (Phi) is 25.4. The molecule has 0 radical (unpaired) electrons. The molecule has 0 saturated heterocycles. The van der Waals surface area contributed by atoms with Crippen LogP contribution in [0.1, 0.15) is 220 Å². The van der Waals surface area contributed by atoms with Gasteiger partial charge < -0.3 is 18.9 Å². The van der Waals surface area contributed by atoms with Gasteiger partial charge >= 0.3 is 0 Å². The molecule has 0 N–H and O–H groups in total. The zero-order valence-electron chi connectivity index (χ0n) is 42.2. The lowest BCUT2D eigenvalue weighted by Crippen LogP contribution is -2.24. The number of carbonyl (C=O) groups is 4. The Labute approximate surface area is 401 Å². The smallest absolute Gasteiger partial charge is 0.155 e. The van der Waals surface area contributed by atoms with E-state index in [-0.39, 0.29) is 0 Å². The molecule has 0 amide bonds. The molecule has 8 heteroatoms. The molecule has 8 rings (SSSR count). The number of ether oxygens (including phenoxy) is 4. The zero-order chi connectivity index (χ0) is 46.9. The molecule has 4 fully saturated rings. The maximum absolute atomic E-state index is 11.5. The first-order valence-electron chi connectivity index (χ1n) is 27.5. The third-order valence-electron chi connectivity index (χ3n) is 15.9. The minimum absolute atomic E-state index is 0.338. The first kappa shape index (κ1) is 54.4. The van der Waals surface area contributed by atoms with Crippen molar-refractivity contribution in [3.05, 3.63) is 46.6 Å². The highest BCUT2D eigenvalue weighted by Crippen LogP contribution is 2.38. The Balaban J connectivity index is 0.000000165. The molecular formula is C58H92O8. The summed E-state index contributed by atoms with van der Waals surface area (Å²) in [5, 5.41) is 0. The summed E-state index contributed by atoms with van der Waals surface area (Å²) in [5.41, 5.74) is 5.69. The summed E-state index contributed by atoms with van der Waals surface area (Å²) in [5.74, 6) is 4.04. The molecule has 0 aromatic carbocycles. The summed E-state index contributed by atoms with van der Waals surface area (Å²) in [6, 6.07) is 0. The third-order valence-corrected chi connectivity index (χ3v) is 15.9. The number of allylic oxidation sites excluding steroid dienone is 8. The van der Waals surface area contributed by atoms with Crippen molar-refractivity contribution in [1.29, 1.82) is 0 Å². The summed E-state index contributed by atoms with van der Waals surface area (Å²) >= 11 is 0. The number of ketones is 4. The van der Waals surface area contributed by atoms with E-state index in [1.165, 1.54) is 125 Å². The van der Waals surface area contributed by atoms with Gasteiger partial charge in [-0.25, -0.2) is 0 Å². The molecule has 66 heavy (non-hydrogen) atoms. The van der Waals surface area contributed by atoms with Crippen LogP contribution in [0.5, 0.6) is 0 Å². The quantitative estimate of drug-likeness (QED) is 0.159. The SMILES string of the molecule is CCCCOC1CCC(C2=CC(=O)CCC2)CC1.CCCOC1CCC(C2=CC(=O)CCC2)CC1.CCOC1CCC(C2=CC(=O)CCC2)CC1.COC1CCC(C2=CC(=O)CCC2)CC1. The van der Waals surface area contributed by atoms with Gasteiger partial charge in [0.05, 0.1) is 24.4 Å². The van der Waals surface area contributed by atoms with Crippen LogP contribution >= 0.6 is 0 Å². The molecule has 8 aliphatic carbocycles. The third kappa shape index (κ3) is 19.5. The van der Waals surface area contributed by atoms with Crippen molar-refractivity contribution in [3.8, 4) is 0 Å². The van der Waals surface area contributed by atoms with Crippen molar-refractivity contribution in [3.63, 3.8) is 0 Å². The van der Waals surface area contributed by atoms with Crippen LogP contribution in [-0.2, 0) is 38.1 Å². The van der Waals surface area contributed by atoms with Gasteiger partial charge in [0, 0.05) is 52.6 Å². The van der Waals surface area contributed by atoms with E-state index in [4.69, 9.17) is 18.9 Å². The van der Waals surface area contributed by atoms with Crippen LogP contribution in [0.2, 0.25) is 0 Å². The Morgan fingerprint density at radius 3 is 0.955 bits per heavy atom. The molecule has 8 nitrogen and oxygen atoms in total. The van der Waals surface area contributed by atoms with Crippen molar-refractivity contribution in [2.24, 2.45) is 23.7 Å². The Morgan fingerprint density at radius 1 is 0.379 bits per heavy atom. The molecule has 372 valence electrons. The van der Waals surface area contributed by atoms with Gasteiger partial charge in [-0.3, -0.25) is 19.2 Å². The van der Waals surface area contributed by atoms with Gasteiger partial charge in [-0.05, 0) is 222 Å². The van der Waals surface area contributed by atoms with E-state index < -0.39 is 0 Å². The predicted molar refractivity (Wildman–Crippen MR) is 266 cm³/mol. The fourth-order valence-corrected chi connectivity index (χ4v) is 11.9. The molecule has 0 aromatic rings. The van der Waals surface area contributed by atoms with Crippen LogP contribution in [0.15, 0.2) is 46.6 Å². The number of carbonyl (C=O) groups excluding carboxylic acids is 4. The van der Waals surface area contributed by atoms with Crippen LogP contribution in [-0.4, -0.2) is 74.5 Å². The van der Waals surface area contributed by atoms with Crippen LogP contribution in [0.4, 0.5) is 0 Å². The average Bonchev–Trinajstić information content (AvgIpc) is 3.35. The monoisotopic (exact) mass is 917 g/mol. The van der Waals surface area contributed by atoms with E-state index in [0.29, 0.717) is 71.2 Å². The molecule has 0 aromatic heterocycles. The molecule has 0 atom stereocenters. The predicted octanol–water partition coefficient (Wildman–Crippen LogP) is 13.8. The lowest BCUT2D eigenvalue weighted by Gasteiger charge is -2.31. The lowest BCUT2D eigenvalue weighted by atomic mass is 9.78. The highest BCUT2D eigenvalue weighted by atomic mass is 16.5. The second-order valence-electron chi connectivity index (χ2n) is 20.8. The van der Waals surface area contributed by atoms with Crippen molar-refractivity contribution in [2.45, 2.75) is 244 Å². The molecule has 0 bridgehead atoms. The number of rotatable bonds is 14. The number of hydrogen-bond acceptors (Lipinski definition) is 8. The molecule has 0 aliphatic heterocycles. The van der Waals surface area contributed by atoms with Crippen molar-refractivity contribution in [1.82, 2.24) is 0 Å². The average molecular weight is 917 g/mol. The fraction of sp³-hybridized carbons (Fsp3) is 0.793. The topological polar surface area (TPSA) is 105 Å². The van der Waals surface area contributed by atoms with Gasteiger partial charge in [0.2, 0.25) is 0 Å². The van der Waals surface area contributed by atoms with Crippen LogP contribution in [0.3, 0.4) is 0 Å². The van der Waals surface area contributed by atoms with Gasteiger partial charge in [-0.2, -0.15) is 0 Å². The van der Waals surface area contributed by atoms with Gasteiger partial charge in [0.15, 0.2) is 23.1 Å². The highest BCUT2D eigenvalue weighted by Gasteiger charge is 2.29. The van der Waals surface area contributed by atoms with Gasteiger partial charge in [0.1, 0.15) is 0 Å². The first-order valence-corrected chi connectivity index (χ1v) is 27.5. The van der Waals surface area contributed by atoms with Gasteiger partial charge in [0.25, 0.3) is 0 Å². The van der Waals surface area contributed by atoms with Crippen molar-refractivity contribution >= 4 is 23.1 Å². The number of hydrogen-bond donors (Lipinski definition) is 0. The molecule has 0 heterocycles. The van der Waals surface area contributed by atoms with E-state index in [2.05, 4.69) is 20.8 Å². The van der Waals surface area contributed by atoms with Crippen molar-refractivity contribution in [2.75, 3.05) is 26.9 Å². The van der Waals surface area contributed by atoms with E-state index in [1.54, 1.807) is 7.11 Å². The first-order chi connectivity index (χ1) is 32.2. The van der Waals surface area contributed by atoms with Crippen LogP contribution in [0, 0.1) is 23.7 Å². The van der Waals surface area contributed by atoms with Crippen LogP contribution in [0.25, 0.3) is 0 Å². The molecule has 0 spiro atoms. The molecule has 4 saturated carbocycles. The van der Waals surface area contributed by atoms with Gasteiger partial charge in [-0.15, -0.1) is 0 Å². The van der Waals surface area contributed by atoms with E-state index in [0.717, 1.165) is 116 Å². The standard InChI is InChI=1S/C16H26O2.C15H24O2.C14H22O2.C13H20O2/c1-2-3-11-18-16-9-7-13(8-10-16)14-5-4-6-15(17)12-14;1-2-10-17-15-8-6-12(7-9-15)13-4-3-5-14(16)11-13;1-2-16-14-8-6-11(7-9-14)12-4-3-5-13(15)10-12;1-15-13-7-5-10(6-8-13)11-3-2-4-12(14)9-11/h12-13,16H,2-11H2,1H3;11-12,15H,2-10H2,1H3;10-11,14H,2-9H2,1H3;9-10,13H,2-8H2,1H3. The Hall–Kier alpha value is -2.52. The Morgan fingerprint density at radius 2 is 0.682 bits per heavy atom. The zero-order valence-corrected chi connectivity index (χ0v) is 42.2. The summed E-state index contributed by atoms with van der Waals surface area (Å²) in [7, 11) is 1.80. The fourth-order valence-electron chi connectivity index (χ4n) is 11.9. The van der Waals surface area contributed by atoms with E-state index >= 15 is 0 Å². The van der Waals surface area contributed by atoms with E-state index in [1.807, 2.05) is 24.3 Å². The maximum atomic E-state index is 11.5. The second-order valence-corrected chi connectivity index (χ2v) is 20.8. The number of unbranched alkanes of at least 4 members (excludes halogenated alkanes) is 1.